The van der Waals surface area contributed by atoms with Gasteiger partial charge in [-0.05, 0) is 43.4 Å². The van der Waals surface area contributed by atoms with Crippen molar-refractivity contribution in [3.8, 4) is 0 Å². The Morgan fingerprint density at radius 1 is 1.28 bits per heavy atom. The second kappa shape index (κ2) is 5.14. The van der Waals surface area contributed by atoms with Crippen molar-refractivity contribution in [1.29, 1.82) is 0 Å². The van der Waals surface area contributed by atoms with Crippen LogP contribution in [0.2, 0.25) is 0 Å². The van der Waals surface area contributed by atoms with Crippen molar-refractivity contribution in [2.24, 2.45) is 7.05 Å². The summed E-state index contributed by atoms with van der Waals surface area (Å²) in [5.41, 5.74) is 2.56. The molecule has 0 atom stereocenters. The largest absolute Gasteiger partial charge is 0.332 e. The van der Waals surface area contributed by atoms with Crippen molar-refractivity contribution in [2.75, 3.05) is 10.6 Å². The number of hydrogen-bond acceptors (Lipinski definition) is 2. The zero-order valence-electron chi connectivity index (χ0n) is 10.1. The zero-order valence-corrected chi connectivity index (χ0v) is 10.9. The summed E-state index contributed by atoms with van der Waals surface area (Å²) < 4.78 is 14.5. The fourth-order valence-electron chi connectivity index (χ4n) is 1.44. The van der Waals surface area contributed by atoms with E-state index in [1.807, 2.05) is 14.0 Å². The molecule has 1 aromatic heterocycles. The Kier molecular flexibility index (Phi) is 3.57. The minimum atomic E-state index is -0.275. The summed E-state index contributed by atoms with van der Waals surface area (Å²) in [6, 6.07) is 6.00. The molecule has 94 valence electrons. The van der Waals surface area contributed by atoms with Crippen LogP contribution in [0.15, 0.2) is 30.5 Å². The van der Waals surface area contributed by atoms with Gasteiger partial charge in [0.2, 0.25) is 0 Å². The number of aryl methyl sites for hydroxylation is 1. The van der Waals surface area contributed by atoms with Crippen LogP contribution in [-0.4, -0.2) is 14.9 Å². The zero-order chi connectivity index (χ0) is 13.1. The molecule has 0 saturated carbocycles. The molecule has 0 unspecified atom stereocenters. The van der Waals surface area contributed by atoms with Gasteiger partial charge in [0, 0.05) is 12.7 Å². The second-order valence-electron chi connectivity index (χ2n) is 3.85. The Labute approximate surface area is 110 Å². The first-order valence-electron chi connectivity index (χ1n) is 5.38. The summed E-state index contributed by atoms with van der Waals surface area (Å²) in [6.07, 6.45) is 1.70. The van der Waals surface area contributed by atoms with E-state index in [9.17, 15) is 4.39 Å². The van der Waals surface area contributed by atoms with E-state index in [2.05, 4.69) is 15.7 Å². The molecule has 6 heteroatoms. The van der Waals surface area contributed by atoms with Gasteiger partial charge in [0.25, 0.3) is 0 Å². The predicted molar refractivity (Wildman–Crippen MR) is 74.2 cm³/mol. The topological polar surface area (TPSA) is 41.9 Å². The van der Waals surface area contributed by atoms with Crippen molar-refractivity contribution >= 4 is 28.7 Å². The molecule has 2 rings (SSSR count). The van der Waals surface area contributed by atoms with E-state index in [1.165, 1.54) is 12.1 Å². The number of aromatic nitrogens is 2. The molecule has 0 aliphatic carbocycles. The number of benzene rings is 1. The van der Waals surface area contributed by atoms with E-state index < -0.39 is 0 Å². The van der Waals surface area contributed by atoms with Gasteiger partial charge in [-0.2, -0.15) is 5.10 Å². The molecule has 2 aromatic rings. The van der Waals surface area contributed by atoms with Crippen LogP contribution in [0.5, 0.6) is 0 Å². The van der Waals surface area contributed by atoms with Gasteiger partial charge >= 0.3 is 0 Å². The van der Waals surface area contributed by atoms with Crippen LogP contribution in [0.1, 0.15) is 5.69 Å². The molecule has 18 heavy (non-hydrogen) atoms. The maximum absolute atomic E-state index is 12.7. The van der Waals surface area contributed by atoms with Gasteiger partial charge in [-0.15, -0.1) is 0 Å². The highest BCUT2D eigenvalue weighted by atomic mass is 32.1. The number of hydrogen-bond donors (Lipinski definition) is 2. The molecule has 0 bridgehead atoms. The number of nitrogens with one attached hydrogen (secondary N) is 2. The van der Waals surface area contributed by atoms with E-state index >= 15 is 0 Å². The molecule has 1 heterocycles. The first-order chi connectivity index (χ1) is 8.56. The highest BCUT2D eigenvalue weighted by Crippen LogP contribution is 2.13. The summed E-state index contributed by atoms with van der Waals surface area (Å²) >= 11 is 5.17. The number of rotatable bonds is 2. The Morgan fingerprint density at radius 3 is 2.50 bits per heavy atom. The van der Waals surface area contributed by atoms with Crippen molar-refractivity contribution in [3.63, 3.8) is 0 Å². The number of halogens is 1. The van der Waals surface area contributed by atoms with Gasteiger partial charge in [-0.3, -0.25) is 4.68 Å². The minimum Gasteiger partial charge on any atom is -0.332 e. The lowest BCUT2D eigenvalue weighted by Gasteiger charge is -2.09. The van der Waals surface area contributed by atoms with Crippen LogP contribution in [0.25, 0.3) is 0 Å². The Balaban J connectivity index is 2.01. The van der Waals surface area contributed by atoms with Crippen molar-refractivity contribution in [1.82, 2.24) is 9.78 Å². The van der Waals surface area contributed by atoms with E-state index in [1.54, 1.807) is 23.0 Å². The lowest BCUT2D eigenvalue weighted by molar-refractivity contribution is 0.628. The maximum atomic E-state index is 12.7. The first kappa shape index (κ1) is 12.5. The van der Waals surface area contributed by atoms with Crippen LogP contribution >= 0.6 is 12.2 Å². The fourth-order valence-corrected chi connectivity index (χ4v) is 1.67. The molecule has 0 amide bonds. The molecule has 0 spiro atoms. The molecule has 0 radical (unpaired) electrons. The molecule has 2 N–H and O–H groups in total. The summed E-state index contributed by atoms with van der Waals surface area (Å²) in [5.74, 6) is -0.275. The van der Waals surface area contributed by atoms with Crippen molar-refractivity contribution in [3.05, 3.63) is 42.0 Å². The SMILES string of the molecule is Cc1c(NC(=S)Nc2ccc(F)cc2)cnn1C. The second-order valence-corrected chi connectivity index (χ2v) is 4.26. The third kappa shape index (κ3) is 2.84. The van der Waals surface area contributed by atoms with Crippen LogP contribution < -0.4 is 10.6 Å². The third-order valence-corrected chi connectivity index (χ3v) is 2.79. The van der Waals surface area contributed by atoms with Crippen LogP contribution in [-0.2, 0) is 7.05 Å². The third-order valence-electron chi connectivity index (χ3n) is 2.59. The molecular formula is C12H13FN4S. The average Bonchev–Trinajstić information content (AvgIpc) is 2.64. The predicted octanol–water partition coefficient (Wildman–Crippen LogP) is 2.68. The molecule has 0 saturated heterocycles. The Bertz CT molecular complexity index is 562. The Morgan fingerprint density at radius 2 is 1.94 bits per heavy atom. The van der Waals surface area contributed by atoms with E-state index in [4.69, 9.17) is 12.2 Å². The highest BCUT2D eigenvalue weighted by Gasteiger charge is 2.05. The van der Waals surface area contributed by atoms with Gasteiger partial charge in [0.1, 0.15) is 5.82 Å². The quantitative estimate of drug-likeness (QED) is 0.818. The van der Waals surface area contributed by atoms with E-state index in [0.29, 0.717) is 5.11 Å². The van der Waals surface area contributed by atoms with Crippen molar-refractivity contribution in [2.45, 2.75) is 6.92 Å². The van der Waals surface area contributed by atoms with Crippen molar-refractivity contribution < 1.29 is 4.39 Å². The molecule has 0 aliphatic heterocycles. The standard InChI is InChI=1S/C12H13FN4S/c1-8-11(7-14-17(8)2)16-12(18)15-10-5-3-9(13)4-6-10/h3-7H,1-2H3,(H2,15,16,18). The molecule has 4 nitrogen and oxygen atoms in total. The van der Waals surface area contributed by atoms with Crippen LogP contribution in [0.3, 0.4) is 0 Å². The molecule has 0 aliphatic rings. The minimum absolute atomic E-state index is 0.275. The molecule has 1 aromatic carbocycles. The number of thiocarbonyl (C=S) groups is 1. The number of anilines is 2. The summed E-state index contributed by atoms with van der Waals surface area (Å²) in [5, 5.41) is 10.6. The van der Waals surface area contributed by atoms with E-state index in [-0.39, 0.29) is 5.82 Å². The average molecular weight is 264 g/mol. The Hall–Kier alpha value is -1.95. The smallest absolute Gasteiger partial charge is 0.175 e. The van der Waals surface area contributed by atoms with Gasteiger partial charge in [-0.1, -0.05) is 0 Å². The van der Waals surface area contributed by atoms with Gasteiger partial charge in [0.15, 0.2) is 5.11 Å². The molecule has 0 fully saturated rings. The highest BCUT2D eigenvalue weighted by molar-refractivity contribution is 7.80. The van der Waals surface area contributed by atoms with Gasteiger partial charge < -0.3 is 10.6 Å². The number of nitrogens with zero attached hydrogens (tertiary/aromatic N) is 2. The van der Waals surface area contributed by atoms with Crippen LogP contribution in [0.4, 0.5) is 15.8 Å². The monoisotopic (exact) mass is 264 g/mol. The summed E-state index contributed by atoms with van der Waals surface area (Å²) in [6.45, 7) is 1.94. The normalized spacial score (nSPS) is 10.2. The van der Waals surface area contributed by atoms with Gasteiger partial charge in [-0.25, -0.2) is 4.39 Å². The fraction of sp³-hybridized carbons (Fsp3) is 0.167. The maximum Gasteiger partial charge on any atom is 0.175 e. The lowest BCUT2D eigenvalue weighted by Crippen LogP contribution is -2.19. The summed E-state index contributed by atoms with van der Waals surface area (Å²) in [4.78, 5) is 0. The lowest BCUT2D eigenvalue weighted by atomic mass is 10.3. The molecular weight excluding hydrogens is 251 g/mol. The summed E-state index contributed by atoms with van der Waals surface area (Å²) in [7, 11) is 1.86. The van der Waals surface area contributed by atoms with Crippen LogP contribution in [0, 0.1) is 12.7 Å². The van der Waals surface area contributed by atoms with Gasteiger partial charge in [0.05, 0.1) is 17.6 Å². The van der Waals surface area contributed by atoms with E-state index in [0.717, 1.165) is 17.1 Å². The first-order valence-corrected chi connectivity index (χ1v) is 5.79.